The van der Waals surface area contributed by atoms with Crippen molar-refractivity contribution in [2.24, 2.45) is 0 Å². The lowest BCUT2D eigenvalue weighted by atomic mass is 10.2. The van der Waals surface area contributed by atoms with Crippen LogP contribution in [0.2, 0.25) is 0 Å². The number of ether oxygens (including phenoxy) is 1. The van der Waals surface area contributed by atoms with E-state index in [9.17, 15) is 12.8 Å². The molecule has 0 aromatic heterocycles. The summed E-state index contributed by atoms with van der Waals surface area (Å²) in [5.41, 5.74) is 6.09. The summed E-state index contributed by atoms with van der Waals surface area (Å²) in [4.78, 5) is -0.0839. The van der Waals surface area contributed by atoms with Gasteiger partial charge in [0.05, 0.1) is 17.1 Å². The van der Waals surface area contributed by atoms with Crippen LogP contribution in [0.25, 0.3) is 0 Å². The van der Waals surface area contributed by atoms with Crippen molar-refractivity contribution >= 4 is 15.7 Å². The zero-order valence-corrected chi connectivity index (χ0v) is 12.0. The Balaban J connectivity index is 1.96. The molecule has 110 valence electrons. The average Bonchev–Trinajstić information content (AvgIpc) is 2.73. The fourth-order valence-electron chi connectivity index (χ4n) is 2.75. The molecule has 0 aliphatic carbocycles. The highest BCUT2D eigenvalue weighted by Gasteiger charge is 2.39. The maximum Gasteiger partial charge on any atom is 0.243 e. The summed E-state index contributed by atoms with van der Waals surface area (Å²) < 4.78 is 45.9. The van der Waals surface area contributed by atoms with Crippen molar-refractivity contribution in [2.45, 2.75) is 36.9 Å². The summed E-state index contributed by atoms with van der Waals surface area (Å²) in [6.45, 7) is 2.18. The second-order valence-corrected chi connectivity index (χ2v) is 7.34. The third-order valence-corrected chi connectivity index (χ3v) is 5.82. The summed E-state index contributed by atoms with van der Waals surface area (Å²) in [5, 5.41) is 0. The van der Waals surface area contributed by atoms with E-state index in [0.717, 1.165) is 18.9 Å². The van der Waals surface area contributed by atoms with Gasteiger partial charge in [0.1, 0.15) is 5.82 Å². The van der Waals surface area contributed by atoms with E-state index < -0.39 is 15.8 Å². The Morgan fingerprint density at radius 1 is 1.30 bits per heavy atom. The Morgan fingerprint density at radius 3 is 2.45 bits per heavy atom. The third kappa shape index (κ3) is 2.19. The van der Waals surface area contributed by atoms with Crippen molar-refractivity contribution in [3.63, 3.8) is 0 Å². The molecule has 2 aliphatic heterocycles. The monoisotopic (exact) mass is 300 g/mol. The van der Waals surface area contributed by atoms with Crippen molar-refractivity contribution < 1.29 is 17.5 Å². The molecule has 2 aliphatic rings. The first kappa shape index (κ1) is 13.8. The molecule has 0 spiro atoms. The topological polar surface area (TPSA) is 72.6 Å². The first-order valence-electron chi connectivity index (χ1n) is 6.59. The van der Waals surface area contributed by atoms with Gasteiger partial charge in [0, 0.05) is 24.3 Å². The molecule has 0 amide bonds. The molecule has 2 fully saturated rings. The molecule has 2 atom stereocenters. The Hall–Kier alpha value is -1.18. The number of nitrogens with two attached hydrogens (primary N) is 1. The summed E-state index contributed by atoms with van der Waals surface area (Å²) in [7, 11) is -3.72. The third-order valence-electron chi connectivity index (χ3n) is 4.01. The lowest BCUT2D eigenvalue weighted by Crippen LogP contribution is -2.45. The van der Waals surface area contributed by atoms with Crippen LogP contribution in [0.4, 0.5) is 10.1 Å². The molecule has 1 aromatic rings. The molecule has 0 radical (unpaired) electrons. The Morgan fingerprint density at radius 2 is 1.90 bits per heavy atom. The summed E-state index contributed by atoms with van der Waals surface area (Å²) in [6, 6.07) is 2.36. The van der Waals surface area contributed by atoms with Gasteiger partial charge in [-0.15, -0.1) is 0 Å². The first-order chi connectivity index (χ1) is 9.38. The zero-order chi connectivity index (χ0) is 14.5. The average molecular weight is 300 g/mol. The van der Waals surface area contributed by atoms with E-state index in [1.54, 1.807) is 0 Å². The van der Waals surface area contributed by atoms with Gasteiger partial charge in [-0.1, -0.05) is 0 Å². The van der Waals surface area contributed by atoms with Gasteiger partial charge in [0.2, 0.25) is 10.0 Å². The van der Waals surface area contributed by atoms with Crippen molar-refractivity contribution in [2.75, 3.05) is 18.8 Å². The fraction of sp³-hybridized carbons (Fsp3) is 0.538. The predicted molar refractivity (Wildman–Crippen MR) is 72.2 cm³/mol. The molecule has 0 saturated carbocycles. The second kappa shape index (κ2) is 4.68. The van der Waals surface area contributed by atoms with E-state index in [4.69, 9.17) is 10.5 Å². The van der Waals surface area contributed by atoms with E-state index in [1.807, 2.05) is 0 Å². The van der Waals surface area contributed by atoms with Crippen molar-refractivity contribution in [3.8, 4) is 0 Å². The molecular formula is C13H17FN2O3S. The number of anilines is 1. The number of morpholine rings is 1. The number of fused-ring (bicyclic) bond motifs is 2. The van der Waals surface area contributed by atoms with Crippen LogP contribution in [0.3, 0.4) is 0 Å². The maximum atomic E-state index is 13.7. The minimum Gasteiger partial charge on any atom is -0.398 e. The van der Waals surface area contributed by atoms with E-state index in [2.05, 4.69) is 0 Å². The van der Waals surface area contributed by atoms with Gasteiger partial charge in [-0.25, -0.2) is 12.8 Å². The van der Waals surface area contributed by atoms with Crippen LogP contribution in [-0.4, -0.2) is 38.0 Å². The summed E-state index contributed by atoms with van der Waals surface area (Å²) >= 11 is 0. The van der Waals surface area contributed by atoms with Crippen LogP contribution >= 0.6 is 0 Å². The number of nitrogen functional groups attached to an aromatic ring is 1. The number of benzene rings is 1. The Kier molecular flexibility index (Phi) is 3.23. The van der Waals surface area contributed by atoms with Gasteiger partial charge in [-0.2, -0.15) is 4.31 Å². The number of rotatable bonds is 2. The maximum absolute atomic E-state index is 13.7. The lowest BCUT2D eigenvalue weighted by molar-refractivity contribution is -0.0114. The minimum atomic E-state index is -3.72. The summed E-state index contributed by atoms with van der Waals surface area (Å²) in [6.07, 6.45) is 1.66. The van der Waals surface area contributed by atoms with Gasteiger partial charge in [-0.05, 0) is 31.9 Å². The molecule has 2 bridgehead atoms. The van der Waals surface area contributed by atoms with Crippen molar-refractivity contribution in [1.82, 2.24) is 4.31 Å². The van der Waals surface area contributed by atoms with Crippen LogP contribution < -0.4 is 5.73 Å². The fourth-order valence-corrected chi connectivity index (χ4v) is 4.30. The standard InChI is InChI=1S/C13H17FN2O3S/c1-8-12(14)4-11(5-13(8)15)20(17,18)16-6-9-2-3-10(7-16)19-9/h4-5,9-10H,2-3,6-7,15H2,1H3. The molecule has 7 heteroatoms. The quantitative estimate of drug-likeness (QED) is 0.835. The van der Waals surface area contributed by atoms with Gasteiger partial charge >= 0.3 is 0 Å². The van der Waals surface area contributed by atoms with Crippen LogP contribution in [0.1, 0.15) is 18.4 Å². The SMILES string of the molecule is Cc1c(N)cc(S(=O)(=O)N2CC3CCC(C2)O3)cc1F. The summed E-state index contributed by atoms with van der Waals surface area (Å²) in [5.74, 6) is -0.597. The second-order valence-electron chi connectivity index (χ2n) is 5.40. The number of sulfonamides is 1. The number of halogens is 1. The molecule has 2 saturated heterocycles. The normalized spacial score (nSPS) is 26.9. The number of hydrogen-bond donors (Lipinski definition) is 1. The molecule has 2 N–H and O–H groups in total. The van der Waals surface area contributed by atoms with Crippen LogP contribution in [0, 0.1) is 12.7 Å². The van der Waals surface area contributed by atoms with Gasteiger partial charge in [0.15, 0.2) is 0 Å². The highest BCUT2D eigenvalue weighted by atomic mass is 32.2. The predicted octanol–water partition coefficient (Wildman–Crippen LogP) is 1.27. The van der Waals surface area contributed by atoms with E-state index in [1.165, 1.54) is 17.3 Å². The zero-order valence-electron chi connectivity index (χ0n) is 11.2. The van der Waals surface area contributed by atoms with Crippen LogP contribution in [-0.2, 0) is 14.8 Å². The molecule has 3 rings (SSSR count). The van der Waals surface area contributed by atoms with Crippen molar-refractivity contribution in [3.05, 3.63) is 23.5 Å². The number of nitrogens with zero attached hydrogens (tertiary/aromatic N) is 1. The van der Waals surface area contributed by atoms with E-state index in [0.29, 0.717) is 13.1 Å². The molecule has 5 nitrogen and oxygen atoms in total. The Bertz CT molecular complexity index is 612. The highest BCUT2D eigenvalue weighted by molar-refractivity contribution is 7.89. The van der Waals surface area contributed by atoms with Crippen LogP contribution in [0.15, 0.2) is 17.0 Å². The molecule has 2 heterocycles. The van der Waals surface area contributed by atoms with Gasteiger partial charge < -0.3 is 10.5 Å². The Labute approximate surface area is 117 Å². The van der Waals surface area contributed by atoms with Gasteiger partial charge in [0.25, 0.3) is 0 Å². The molecular weight excluding hydrogens is 283 g/mol. The largest absolute Gasteiger partial charge is 0.398 e. The van der Waals surface area contributed by atoms with E-state index in [-0.39, 0.29) is 28.4 Å². The molecule has 2 unspecified atom stereocenters. The van der Waals surface area contributed by atoms with E-state index >= 15 is 0 Å². The number of hydrogen-bond acceptors (Lipinski definition) is 4. The van der Waals surface area contributed by atoms with Crippen molar-refractivity contribution in [1.29, 1.82) is 0 Å². The molecule has 1 aromatic carbocycles. The van der Waals surface area contributed by atoms with Gasteiger partial charge in [-0.3, -0.25) is 0 Å². The highest BCUT2D eigenvalue weighted by Crippen LogP contribution is 2.31. The smallest absolute Gasteiger partial charge is 0.243 e. The lowest BCUT2D eigenvalue weighted by Gasteiger charge is -2.31. The molecule has 20 heavy (non-hydrogen) atoms. The minimum absolute atomic E-state index is 0.0452. The first-order valence-corrected chi connectivity index (χ1v) is 8.03. The van der Waals surface area contributed by atoms with Crippen LogP contribution in [0.5, 0.6) is 0 Å².